The van der Waals surface area contributed by atoms with E-state index in [1.54, 1.807) is 0 Å². The molecule has 1 unspecified atom stereocenters. The number of carbonyl (C=O) groups excluding carboxylic acids is 1. The number of carboxylic acid groups (broad SMARTS) is 1. The molecule has 0 saturated heterocycles. The molecule has 0 saturated carbocycles. The van der Waals surface area contributed by atoms with Crippen molar-refractivity contribution in [1.82, 2.24) is 5.32 Å². The highest BCUT2D eigenvalue weighted by atomic mass is 35.5. The van der Waals surface area contributed by atoms with Gasteiger partial charge in [0, 0.05) is 0 Å². The van der Waals surface area contributed by atoms with Crippen LogP contribution in [0.25, 0.3) is 0 Å². The molecule has 0 aliphatic heterocycles. The fourth-order valence-corrected chi connectivity index (χ4v) is 3.41. The van der Waals surface area contributed by atoms with Crippen LogP contribution in [-0.4, -0.2) is 36.9 Å². The number of carbonyl (C=O) groups is 2. The Labute approximate surface area is 144 Å². The van der Waals surface area contributed by atoms with Crippen molar-refractivity contribution in [3.8, 4) is 0 Å². The van der Waals surface area contributed by atoms with Crippen LogP contribution >= 0.6 is 11.6 Å². The number of rotatable bonds is 9. The molecule has 0 fully saturated rings. The summed E-state index contributed by atoms with van der Waals surface area (Å²) in [4.78, 5) is 23.1. The van der Waals surface area contributed by atoms with Crippen molar-refractivity contribution in [3.05, 3.63) is 34.6 Å². The molecule has 0 bridgehead atoms. The van der Waals surface area contributed by atoms with Crippen LogP contribution in [-0.2, 0) is 19.4 Å². The van der Waals surface area contributed by atoms with Gasteiger partial charge in [-0.05, 0) is 24.1 Å². The van der Waals surface area contributed by atoms with E-state index in [1.807, 2.05) is 6.92 Å². The smallest absolute Gasteiger partial charge is 0.330 e. The molecule has 1 atom stereocenters. The highest BCUT2D eigenvalue weighted by Crippen LogP contribution is 2.20. The molecule has 0 aromatic heterocycles. The third-order valence-electron chi connectivity index (χ3n) is 3.24. The molecule has 134 valence electrons. The van der Waals surface area contributed by atoms with Crippen LogP contribution in [0.1, 0.15) is 37.8 Å². The minimum atomic E-state index is -3.62. The van der Waals surface area contributed by atoms with Gasteiger partial charge in [0.15, 0.2) is 15.9 Å². The molecule has 9 heteroatoms. The second-order valence-electron chi connectivity index (χ2n) is 5.31. The molecule has 1 amide bonds. The van der Waals surface area contributed by atoms with E-state index in [-0.39, 0.29) is 16.3 Å². The van der Waals surface area contributed by atoms with Crippen molar-refractivity contribution in [3.63, 3.8) is 0 Å². The number of halogens is 2. The highest BCUT2D eigenvalue weighted by molar-refractivity contribution is 7.92. The van der Waals surface area contributed by atoms with Crippen molar-refractivity contribution >= 4 is 33.3 Å². The SMILES string of the molecule is CCCCCS(=O)(=O)CC(=O)NC(C(=O)O)c1ccc(Cl)c(F)c1. The number of hydrogen-bond donors (Lipinski definition) is 2. The summed E-state index contributed by atoms with van der Waals surface area (Å²) < 4.78 is 37.1. The summed E-state index contributed by atoms with van der Waals surface area (Å²) in [6.07, 6.45) is 2.00. The molecule has 1 rings (SSSR count). The fourth-order valence-electron chi connectivity index (χ4n) is 2.03. The predicted molar refractivity (Wildman–Crippen MR) is 88.1 cm³/mol. The zero-order chi connectivity index (χ0) is 18.3. The zero-order valence-corrected chi connectivity index (χ0v) is 14.7. The van der Waals surface area contributed by atoms with Gasteiger partial charge >= 0.3 is 5.97 Å². The van der Waals surface area contributed by atoms with Crippen LogP contribution in [0.3, 0.4) is 0 Å². The van der Waals surface area contributed by atoms with Gasteiger partial charge in [0.1, 0.15) is 11.6 Å². The van der Waals surface area contributed by atoms with Gasteiger partial charge in [0.25, 0.3) is 0 Å². The third kappa shape index (κ3) is 6.45. The molecule has 0 aliphatic carbocycles. The van der Waals surface area contributed by atoms with E-state index < -0.39 is 39.3 Å². The van der Waals surface area contributed by atoms with Gasteiger partial charge in [0.2, 0.25) is 5.91 Å². The van der Waals surface area contributed by atoms with Gasteiger partial charge < -0.3 is 10.4 Å². The largest absolute Gasteiger partial charge is 0.479 e. The maximum absolute atomic E-state index is 13.5. The first-order valence-corrected chi connectivity index (χ1v) is 9.53. The topological polar surface area (TPSA) is 101 Å². The Kier molecular flexibility index (Phi) is 7.62. The van der Waals surface area contributed by atoms with E-state index in [4.69, 9.17) is 11.6 Å². The van der Waals surface area contributed by atoms with Crippen molar-refractivity contribution in [2.45, 2.75) is 32.2 Å². The molecule has 0 heterocycles. The number of aliphatic carboxylic acids is 1. The summed E-state index contributed by atoms with van der Waals surface area (Å²) in [7, 11) is -3.62. The van der Waals surface area contributed by atoms with Gasteiger partial charge in [-0.25, -0.2) is 17.6 Å². The Hall–Kier alpha value is -1.67. The van der Waals surface area contributed by atoms with E-state index in [0.717, 1.165) is 25.0 Å². The van der Waals surface area contributed by atoms with Crippen LogP contribution in [0.2, 0.25) is 5.02 Å². The van der Waals surface area contributed by atoms with Gasteiger partial charge in [0.05, 0.1) is 10.8 Å². The van der Waals surface area contributed by atoms with E-state index in [2.05, 4.69) is 5.32 Å². The zero-order valence-electron chi connectivity index (χ0n) is 13.1. The Bertz CT molecular complexity index is 708. The van der Waals surface area contributed by atoms with E-state index in [1.165, 1.54) is 6.07 Å². The van der Waals surface area contributed by atoms with Gasteiger partial charge in [-0.2, -0.15) is 0 Å². The first kappa shape index (κ1) is 20.4. The molecule has 0 aliphatic rings. The van der Waals surface area contributed by atoms with Crippen molar-refractivity contribution in [2.75, 3.05) is 11.5 Å². The summed E-state index contributed by atoms with van der Waals surface area (Å²) in [6.45, 7) is 1.92. The first-order valence-electron chi connectivity index (χ1n) is 7.34. The Morgan fingerprint density at radius 2 is 2.00 bits per heavy atom. The van der Waals surface area contributed by atoms with Crippen LogP contribution in [0, 0.1) is 5.82 Å². The Morgan fingerprint density at radius 3 is 2.54 bits per heavy atom. The third-order valence-corrected chi connectivity index (χ3v) is 5.16. The highest BCUT2D eigenvalue weighted by Gasteiger charge is 2.25. The molecular weight excluding hydrogens is 361 g/mol. The molecule has 1 aromatic rings. The molecule has 2 N–H and O–H groups in total. The average molecular weight is 380 g/mol. The maximum atomic E-state index is 13.5. The molecule has 0 spiro atoms. The lowest BCUT2D eigenvalue weighted by atomic mass is 10.1. The van der Waals surface area contributed by atoms with Gasteiger partial charge in [-0.3, -0.25) is 4.79 Å². The van der Waals surface area contributed by atoms with Crippen molar-refractivity contribution < 1.29 is 27.5 Å². The normalized spacial score (nSPS) is 12.6. The second kappa shape index (κ2) is 8.98. The van der Waals surface area contributed by atoms with Gasteiger partial charge in [-0.15, -0.1) is 0 Å². The standard InChI is InChI=1S/C15H19ClFNO5S/c1-2-3-4-7-24(22,23)9-13(19)18-14(15(20)21)10-5-6-11(16)12(17)8-10/h5-6,8,14H,2-4,7,9H2,1H3,(H,18,19)(H,20,21). The molecule has 1 aromatic carbocycles. The quantitative estimate of drug-likeness (QED) is 0.641. The number of carboxylic acids is 1. The molecule has 6 nitrogen and oxygen atoms in total. The molecule has 0 radical (unpaired) electrons. The second-order valence-corrected chi connectivity index (χ2v) is 7.90. The van der Waals surface area contributed by atoms with Crippen LogP contribution in [0.5, 0.6) is 0 Å². The monoisotopic (exact) mass is 379 g/mol. The van der Waals surface area contributed by atoms with Crippen LogP contribution in [0.4, 0.5) is 4.39 Å². The summed E-state index contributed by atoms with van der Waals surface area (Å²) in [5.74, 6) is -4.16. The average Bonchev–Trinajstić information content (AvgIpc) is 2.47. The van der Waals surface area contributed by atoms with E-state index in [9.17, 15) is 27.5 Å². The lowest BCUT2D eigenvalue weighted by Gasteiger charge is -2.15. The van der Waals surface area contributed by atoms with Crippen molar-refractivity contribution in [2.24, 2.45) is 0 Å². The number of hydrogen-bond acceptors (Lipinski definition) is 4. The molecular formula is C15H19ClFNO5S. The van der Waals surface area contributed by atoms with Crippen LogP contribution < -0.4 is 5.32 Å². The lowest BCUT2D eigenvalue weighted by molar-refractivity contribution is -0.141. The summed E-state index contributed by atoms with van der Waals surface area (Å²) in [5, 5.41) is 11.1. The van der Waals surface area contributed by atoms with Crippen molar-refractivity contribution in [1.29, 1.82) is 0 Å². The molecule has 24 heavy (non-hydrogen) atoms. The Balaban J connectivity index is 2.80. The Morgan fingerprint density at radius 1 is 1.33 bits per heavy atom. The minimum absolute atomic E-state index is 0.0406. The fraction of sp³-hybridized carbons (Fsp3) is 0.467. The van der Waals surface area contributed by atoms with Gasteiger partial charge in [-0.1, -0.05) is 37.4 Å². The van der Waals surface area contributed by atoms with E-state index in [0.29, 0.717) is 6.42 Å². The summed E-state index contributed by atoms with van der Waals surface area (Å²) in [6, 6.07) is 1.74. The number of unbranched alkanes of at least 4 members (excludes halogenated alkanes) is 2. The summed E-state index contributed by atoms with van der Waals surface area (Å²) >= 11 is 5.53. The summed E-state index contributed by atoms with van der Waals surface area (Å²) in [5.41, 5.74) is -0.0406. The number of amides is 1. The minimum Gasteiger partial charge on any atom is -0.479 e. The van der Waals surface area contributed by atoms with Crippen LogP contribution in [0.15, 0.2) is 18.2 Å². The number of sulfone groups is 1. The number of benzene rings is 1. The number of nitrogens with one attached hydrogen (secondary N) is 1. The first-order chi connectivity index (χ1) is 11.2. The maximum Gasteiger partial charge on any atom is 0.330 e. The lowest BCUT2D eigenvalue weighted by Crippen LogP contribution is -2.37. The van der Waals surface area contributed by atoms with E-state index >= 15 is 0 Å². The predicted octanol–water partition coefficient (Wildman–Crippen LogP) is 2.33.